The van der Waals surface area contributed by atoms with Crippen LogP contribution in [0.1, 0.15) is 43.7 Å². The molecular weight excluding hydrogens is 292 g/mol. The molecule has 3 heterocycles. The number of amides is 1. The Morgan fingerprint density at radius 3 is 3.00 bits per heavy atom. The molecular formula is C17H26N4O2. The third-order valence-electron chi connectivity index (χ3n) is 5.41. The molecule has 1 amide bonds. The van der Waals surface area contributed by atoms with Crippen molar-refractivity contribution < 1.29 is 9.53 Å². The summed E-state index contributed by atoms with van der Waals surface area (Å²) in [5.41, 5.74) is 1.13. The number of carbonyl (C=O) groups excluding carboxylic acids is 1. The average molecular weight is 318 g/mol. The zero-order chi connectivity index (χ0) is 15.8. The fourth-order valence-electron chi connectivity index (χ4n) is 3.72. The van der Waals surface area contributed by atoms with Crippen LogP contribution in [0.3, 0.4) is 0 Å². The van der Waals surface area contributed by atoms with Crippen molar-refractivity contribution in [2.24, 2.45) is 11.8 Å². The lowest BCUT2D eigenvalue weighted by molar-refractivity contribution is -0.122. The van der Waals surface area contributed by atoms with E-state index in [0.29, 0.717) is 18.5 Å². The standard InChI is InChI=1S/C17H26N4O2/c1-12-16-18-8-15(9-19-17(22)14-2-3-14)21(16)6-5-20(12)10-13-4-7-23-11-13/h8,12-14H,2-7,9-11H2,1H3,(H,19,22)/t12-,13+/m1/s1. The summed E-state index contributed by atoms with van der Waals surface area (Å²) in [6.07, 6.45) is 5.21. The maximum absolute atomic E-state index is 11.8. The maximum atomic E-state index is 11.8. The highest BCUT2D eigenvalue weighted by Crippen LogP contribution is 2.30. The fourth-order valence-corrected chi connectivity index (χ4v) is 3.72. The van der Waals surface area contributed by atoms with E-state index in [1.54, 1.807) is 0 Å². The SMILES string of the molecule is C[C@@H]1c2ncc(CNC(=O)C3CC3)n2CCN1C[C@@H]1CCOC1. The zero-order valence-corrected chi connectivity index (χ0v) is 13.8. The monoisotopic (exact) mass is 318 g/mol. The third kappa shape index (κ3) is 3.15. The topological polar surface area (TPSA) is 59.4 Å². The summed E-state index contributed by atoms with van der Waals surface area (Å²) in [6.45, 7) is 7.75. The van der Waals surface area contributed by atoms with E-state index in [1.165, 1.54) is 6.42 Å². The predicted molar refractivity (Wildman–Crippen MR) is 85.7 cm³/mol. The van der Waals surface area contributed by atoms with Crippen LogP contribution in [0.15, 0.2) is 6.20 Å². The fraction of sp³-hybridized carbons (Fsp3) is 0.765. The summed E-state index contributed by atoms with van der Waals surface area (Å²) in [7, 11) is 0. The van der Waals surface area contributed by atoms with Gasteiger partial charge in [-0.3, -0.25) is 9.69 Å². The molecule has 0 unspecified atom stereocenters. The number of hydrogen-bond acceptors (Lipinski definition) is 4. The van der Waals surface area contributed by atoms with Gasteiger partial charge in [-0.2, -0.15) is 0 Å². The van der Waals surface area contributed by atoms with Gasteiger partial charge in [0.05, 0.1) is 31.1 Å². The Bertz CT molecular complexity index is 575. The molecule has 126 valence electrons. The average Bonchev–Trinajstić information content (AvgIpc) is 3.13. The summed E-state index contributed by atoms with van der Waals surface area (Å²) in [4.78, 5) is 19.0. The summed E-state index contributed by atoms with van der Waals surface area (Å²) >= 11 is 0. The van der Waals surface area contributed by atoms with Crippen molar-refractivity contribution in [1.29, 1.82) is 0 Å². The van der Waals surface area contributed by atoms with Gasteiger partial charge in [-0.05, 0) is 32.1 Å². The Morgan fingerprint density at radius 2 is 2.26 bits per heavy atom. The normalized spacial score (nSPS) is 27.9. The van der Waals surface area contributed by atoms with E-state index in [1.807, 2.05) is 6.20 Å². The van der Waals surface area contributed by atoms with Crippen LogP contribution in [-0.4, -0.2) is 46.7 Å². The molecule has 0 radical (unpaired) electrons. The number of nitrogens with zero attached hydrogens (tertiary/aromatic N) is 3. The van der Waals surface area contributed by atoms with Gasteiger partial charge in [0.1, 0.15) is 5.82 Å². The van der Waals surface area contributed by atoms with E-state index in [2.05, 4.69) is 26.7 Å². The Morgan fingerprint density at radius 1 is 1.39 bits per heavy atom. The summed E-state index contributed by atoms with van der Waals surface area (Å²) in [5.74, 6) is 2.26. The Hall–Kier alpha value is -1.40. The van der Waals surface area contributed by atoms with Crippen molar-refractivity contribution in [3.8, 4) is 0 Å². The minimum absolute atomic E-state index is 0.201. The van der Waals surface area contributed by atoms with E-state index in [4.69, 9.17) is 4.74 Å². The van der Waals surface area contributed by atoms with E-state index >= 15 is 0 Å². The minimum Gasteiger partial charge on any atom is -0.381 e. The van der Waals surface area contributed by atoms with Gasteiger partial charge in [0.2, 0.25) is 5.91 Å². The second-order valence-electron chi connectivity index (χ2n) is 7.15. The van der Waals surface area contributed by atoms with Gasteiger partial charge in [0.25, 0.3) is 0 Å². The molecule has 0 bridgehead atoms. The van der Waals surface area contributed by atoms with Crippen molar-refractivity contribution in [2.45, 2.75) is 45.3 Å². The van der Waals surface area contributed by atoms with Gasteiger partial charge in [0.15, 0.2) is 0 Å². The highest BCUT2D eigenvalue weighted by molar-refractivity contribution is 5.80. The molecule has 2 atom stereocenters. The number of nitrogens with one attached hydrogen (secondary N) is 1. The van der Waals surface area contributed by atoms with Gasteiger partial charge >= 0.3 is 0 Å². The van der Waals surface area contributed by atoms with Crippen molar-refractivity contribution in [3.63, 3.8) is 0 Å². The number of aromatic nitrogens is 2. The molecule has 1 aliphatic carbocycles. The lowest BCUT2D eigenvalue weighted by atomic mass is 10.1. The van der Waals surface area contributed by atoms with Gasteiger partial charge in [-0.15, -0.1) is 0 Å². The van der Waals surface area contributed by atoms with Crippen LogP contribution in [0, 0.1) is 11.8 Å². The van der Waals surface area contributed by atoms with Gasteiger partial charge in [-0.25, -0.2) is 4.98 Å². The lowest BCUT2D eigenvalue weighted by Crippen LogP contribution is -2.40. The molecule has 0 spiro atoms. The third-order valence-corrected chi connectivity index (χ3v) is 5.41. The van der Waals surface area contributed by atoms with Crippen molar-refractivity contribution >= 4 is 5.91 Å². The second kappa shape index (κ2) is 6.24. The first kappa shape index (κ1) is 15.1. The van der Waals surface area contributed by atoms with E-state index in [9.17, 15) is 4.79 Å². The second-order valence-corrected chi connectivity index (χ2v) is 7.15. The first-order valence-corrected chi connectivity index (χ1v) is 8.86. The molecule has 1 saturated carbocycles. The Balaban J connectivity index is 1.39. The maximum Gasteiger partial charge on any atom is 0.223 e. The highest BCUT2D eigenvalue weighted by Gasteiger charge is 2.31. The van der Waals surface area contributed by atoms with Crippen LogP contribution in [0.4, 0.5) is 0 Å². The van der Waals surface area contributed by atoms with E-state index in [0.717, 1.165) is 57.2 Å². The first-order chi connectivity index (χ1) is 11.2. The quantitative estimate of drug-likeness (QED) is 0.889. The Labute approximate surface area is 137 Å². The number of rotatable bonds is 5. The minimum atomic E-state index is 0.201. The number of imidazole rings is 1. The summed E-state index contributed by atoms with van der Waals surface area (Å²) < 4.78 is 7.79. The largest absolute Gasteiger partial charge is 0.381 e. The molecule has 1 aromatic rings. The first-order valence-electron chi connectivity index (χ1n) is 8.86. The molecule has 1 N–H and O–H groups in total. The Kier molecular flexibility index (Phi) is 4.11. The van der Waals surface area contributed by atoms with Crippen molar-refractivity contribution in [3.05, 3.63) is 17.7 Å². The molecule has 4 rings (SSSR count). The molecule has 1 saturated heterocycles. The number of hydrogen-bond donors (Lipinski definition) is 1. The van der Waals surface area contributed by atoms with E-state index in [-0.39, 0.29) is 11.8 Å². The van der Waals surface area contributed by atoms with Crippen LogP contribution in [0.2, 0.25) is 0 Å². The van der Waals surface area contributed by atoms with Crippen LogP contribution in [-0.2, 0) is 22.6 Å². The van der Waals surface area contributed by atoms with Crippen LogP contribution < -0.4 is 5.32 Å². The molecule has 23 heavy (non-hydrogen) atoms. The number of ether oxygens (including phenoxy) is 1. The van der Waals surface area contributed by atoms with Crippen molar-refractivity contribution in [1.82, 2.24) is 19.8 Å². The predicted octanol–water partition coefficient (Wildman–Crippen LogP) is 1.32. The number of fused-ring (bicyclic) bond motifs is 1. The smallest absolute Gasteiger partial charge is 0.223 e. The molecule has 2 fully saturated rings. The molecule has 6 nitrogen and oxygen atoms in total. The van der Waals surface area contributed by atoms with Crippen LogP contribution >= 0.6 is 0 Å². The number of carbonyl (C=O) groups is 1. The molecule has 0 aromatic carbocycles. The van der Waals surface area contributed by atoms with Crippen LogP contribution in [0.25, 0.3) is 0 Å². The summed E-state index contributed by atoms with van der Waals surface area (Å²) in [5, 5.41) is 3.05. The molecule has 1 aromatic heterocycles. The van der Waals surface area contributed by atoms with Crippen LogP contribution in [0.5, 0.6) is 0 Å². The lowest BCUT2D eigenvalue weighted by Gasteiger charge is -2.35. The zero-order valence-electron chi connectivity index (χ0n) is 13.8. The molecule has 6 heteroatoms. The van der Waals surface area contributed by atoms with Gasteiger partial charge < -0.3 is 14.6 Å². The molecule has 3 aliphatic rings. The van der Waals surface area contributed by atoms with E-state index < -0.39 is 0 Å². The molecule has 2 aliphatic heterocycles. The summed E-state index contributed by atoms with van der Waals surface area (Å²) in [6, 6.07) is 0.331. The highest BCUT2D eigenvalue weighted by atomic mass is 16.5. The van der Waals surface area contributed by atoms with Gasteiger partial charge in [0, 0.05) is 32.2 Å². The van der Waals surface area contributed by atoms with Crippen molar-refractivity contribution in [2.75, 3.05) is 26.3 Å². The van der Waals surface area contributed by atoms with Gasteiger partial charge in [-0.1, -0.05) is 0 Å².